The highest BCUT2D eigenvalue weighted by Gasteiger charge is 2.21. The summed E-state index contributed by atoms with van der Waals surface area (Å²) in [5, 5.41) is 5.57. The maximum absolute atomic E-state index is 12.9. The van der Waals surface area contributed by atoms with Crippen molar-refractivity contribution >= 4 is 39.3 Å². The van der Waals surface area contributed by atoms with Crippen LogP contribution in [0.4, 0.5) is 5.69 Å². The van der Waals surface area contributed by atoms with Gasteiger partial charge in [0.2, 0.25) is 0 Å². The van der Waals surface area contributed by atoms with E-state index in [-0.39, 0.29) is 17.0 Å². The second-order valence-electron chi connectivity index (χ2n) is 6.51. The molecule has 1 heterocycles. The molecule has 0 aliphatic heterocycles. The quantitative estimate of drug-likeness (QED) is 0.487. The summed E-state index contributed by atoms with van der Waals surface area (Å²) in [6, 6.07) is 16.2. The van der Waals surface area contributed by atoms with Gasteiger partial charge in [0.05, 0.1) is 32.6 Å². The molecular weight excluding hydrogens is 386 g/mol. The van der Waals surface area contributed by atoms with E-state index in [4.69, 9.17) is 18.6 Å². The molecule has 1 amide bonds. The van der Waals surface area contributed by atoms with Crippen LogP contribution in [0, 0.1) is 0 Å². The lowest BCUT2D eigenvalue weighted by atomic mass is 10.1. The molecule has 4 aromatic rings. The standard InChI is InChI=1S/C23H19NO6/c1-27-19-11-16(23(26)29-3)17(12-20(19)28-2)24-22(25)21-10-15-14-7-5-4-6-13(14)8-9-18(15)30-21/h4-12H,1-3H3,(H,24,25). The molecule has 0 fully saturated rings. The summed E-state index contributed by atoms with van der Waals surface area (Å²) in [5.41, 5.74) is 0.944. The van der Waals surface area contributed by atoms with Crippen LogP contribution in [-0.2, 0) is 4.74 Å². The number of furan rings is 1. The van der Waals surface area contributed by atoms with E-state index in [9.17, 15) is 9.59 Å². The third-order valence-corrected chi connectivity index (χ3v) is 4.83. The van der Waals surface area contributed by atoms with Gasteiger partial charge in [0.15, 0.2) is 17.3 Å². The zero-order valence-electron chi connectivity index (χ0n) is 16.6. The molecular formula is C23H19NO6. The first kappa shape index (κ1) is 19.3. The van der Waals surface area contributed by atoms with E-state index in [1.807, 2.05) is 36.4 Å². The van der Waals surface area contributed by atoms with Gasteiger partial charge in [-0.15, -0.1) is 0 Å². The lowest BCUT2D eigenvalue weighted by molar-refractivity contribution is 0.0601. The van der Waals surface area contributed by atoms with Crippen molar-refractivity contribution in [2.24, 2.45) is 0 Å². The average Bonchev–Trinajstić information content (AvgIpc) is 3.23. The molecule has 0 bridgehead atoms. The summed E-state index contributed by atoms with van der Waals surface area (Å²) in [7, 11) is 4.18. The van der Waals surface area contributed by atoms with Gasteiger partial charge >= 0.3 is 5.97 Å². The first-order valence-corrected chi connectivity index (χ1v) is 9.12. The Labute approximate surface area is 172 Å². The smallest absolute Gasteiger partial charge is 0.340 e. The van der Waals surface area contributed by atoms with Crippen LogP contribution >= 0.6 is 0 Å². The van der Waals surface area contributed by atoms with E-state index >= 15 is 0 Å². The highest BCUT2D eigenvalue weighted by Crippen LogP contribution is 2.34. The molecule has 0 atom stereocenters. The molecule has 152 valence electrons. The van der Waals surface area contributed by atoms with Crippen LogP contribution in [0.3, 0.4) is 0 Å². The molecule has 0 unspecified atom stereocenters. The van der Waals surface area contributed by atoms with E-state index < -0.39 is 11.9 Å². The van der Waals surface area contributed by atoms with Crippen LogP contribution in [0.5, 0.6) is 11.5 Å². The number of carbonyl (C=O) groups is 2. The van der Waals surface area contributed by atoms with Crippen molar-refractivity contribution in [1.82, 2.24) is 0 Å². The summed E-state index contributed by atoms with van der Waals surface area (Å²) >= 11 is 0. The molecule has 0 saturated carbocycles. The molecule has 7 nitrogen and oxygen atoms in total. The van der Waals surface area contributed by atoms with Crippen LogP contribution in [-0.4, -0.2) is 33.2 Å². The number of amides is 1. The highest BCUT2D eigenvalue weighted by atomic mass is 16.5. The Morgan fingerprint density at radius 3 is 2.33 bits per heavy atom. The van der Waals surface area contributed by atoms with Gasteiger partial charge < -0.3 is 23.9 Å². The van der Waals surface area contributed by atoms with Crippen LogP contribution in [0.15, 0.2) is 59.0 Å². The molecule has 0 aliphatic rings. The normalized spacial score (nSPS) is 10.8. The van der Waals surface area contributed by atoms with Gasteiger partial charge in [-0.1, -0.05) is 30.3 Å². The summed E-state index contributed by atoms with van der Waals surface area (Å²) < 4.78 is 21.1. The third kappa shape index (κ3) is 3.30. The molecule has 0 aliphatic carbocycles. The predicted octanol–water partition coefficient (Wildman–Crippen LogP) is 4.64. The van der Waals surface area contributed by atoms with Gasteiger partial charge in [-0.3, -0.25) is 4.79 Å². The summed E-state index contributed by atoms with van der Waals surface area (Å²) in [6.07, 6.45) is 0. The fourth-order valence-electron chi connectivity index (χ4n) is 3.35. The number of ether oxygens (including phenoxy) is 3. The number of anilines is 1. The molecule has 1 aromatic heterocycles. The molecule has 30 heavy (non-hydrogen) atoms. The summed E-state index contributed by atoms with van der Waals surface area (Å²) in [6.45, 7) is 0. The summed E-state index contributed by atoms with van der Waals surface area (Å²) in [5.74, 6) is -0.316. The number of fused-ring (bicyclic) bond motifs is 3. The maximum atomic E-state index is 12.9. The Hall–Kier alpha value is -4.00. The minimum absolute atomic E-state index is 0.118. The van der Waals surface area contributed by atoms with Crippen molar-refractivity contribution in [2.45, 2.75) is 0 Å². The predicted molar refractivity (Wildman–Crippen MR) is 113 cm³/mol. The molecule has 0 saturated heterocycles. The Bertz CT molecular complexity index is 1270. The van der Waals surface area contributed by atoms with Crippen molar-refractivity contribution in [3.63, 3.8) is 0 Å². The van der Waals surface area contributed by atoms with Crippen LogP contribution in [0.2, 0.25) is 0 Å². The summed E-state index contributed by atoms with van der Waals surface area (Å²) in [4.78, 5) is 25.1. The number of esters is 1. The van der Waals surface area contributed by atoms with E-state index in [1.165, 1.54) is 33.5 Å². The number of nitrogens with one attached hydrogen (secondary N) is 1. The SMILES string of the molecule is COC(=O)c1cc(OC)c(OC)cc1NC(=O)c1cc2c(ccc3ccccc32)o1. The average molecular weight is 405 g/mol. The van der Waals surface area contributed by atoms with Crippen LogP contribution < -0.4 is 14.8 Å². The van der Waals surface area contributed by atoms with Gasteiger partial charge in [0.1, 0.15) is 5.58 Å². The van der Waals surface area contributed by atoms with Crippen molar-refractivity contribution < 1.29 is 28.2 Å². The van der Waals surface area contributed by atoms with Gasteiger partial charge in [0, 0.05) is 17.5 Å². The minimum atomic E-state index is -0.623. The number of carbonyl (C=O) groups excluding carboxylic acids is 2. The van der Waals surface area contributed by atoms with Gasteiger partial charge in [-0.2, -0.15) is 0 Å². The Balaban J connectivity index is 1.74. The monoisotopic (exact) mass is 405 g/mol. The molecule has 4 rings (SSSR count). The lowest BCUT2D eigenvalue weighted by Crippen LogP contribution is -2.15. The number of rotatable bonds is 5. The van der Waals surface area contributed by atoms with Gasteiger partial charge in [-0.05, 0) is 22.9 Å². The van der Waals surface area contributed by atoms with E-state index in [0.717, 1.165) is 16.2 Å². The topological polar surface area (TPSA) is 87.0 Å². The van der Waals surface area contributed by atoms with Crippen LogP contribution in [0.1, 0.15) is 20.9 Å². The fraction of sp³-hybridized carbons (Fsp3) is 0.130. The van der Waals surface area contributed by atoms with E-state index in [2.05, 4.69) is 5.32 Å². The van der Waals surface area contributed by atoms with E-state index in [0.29, 0.717) is 17.1 Å². The zero-order valence-corrected chi connectivity index (χ0v) is 16.6. The van der Waals surface area contributed by atoms with Crippen LogP contribution in [0.25, 0.3) is 21.7 Å². The van der Waals surface area contributed by atoms with Gasteiger partial charge in [-0.25, -0.2) is 4.79 Å². The Morgan fingerprint density at radius 2 is 1.60 bits per heavy atom. The largest absolute Gasteiger partial charge is 0.493 e. The molecule has 1 N–H and O–H groups in total. The highest BCUT2D eigenvalue weighted by molar-refractivity contribution is 6.12. The molecule has 0 radical (unpaired) electrons. The number of methoxy groups -OCH3 is 3. The van der Waals surface area contributed by atoms with Gasteiger partial charge in [0.25, 0.3) is 5.91 Å². The van der Waals surface area contributed by atoms with Crippen molar-refractivity contribution in [3.05, 3.63) is 65.9 Å². The Morgan fingerprint density at radius 1 is 0.867 bits per heavy atom. The molecule has 3 aromatic carbocycles. The third-order valence-electron chi connectivity index (χ3n) is 4.83. The number of benzene rings is 3. The molecule has 7 heteroatoms. The Kier molecular flexibility index (Phi) is 5.02. The second kappa shape index (κ2) is 7.79. The minimum Gasteiger partial charge on any atom is -0.493 e. The van der Waals surface area contributed by atoms with E-state index in [1.54, 1.807) is 6.07 Å². The number of hydrogen-bond acceptors (Lipinski definition) is 6. The van der Waals surface area contributed by atoms with Crippen molar-refractivity contribution in [2.75, 3.05) is 26.6 Å². The number of hydrogen-bond donors (Lipinski definition) is 1. The fourth-order valence-corrected chi connectivity index (χ4v) is 3.35. The first-order valence-electron chi connectivity index (χ1n) is 9.12. The van der Waals surface area contributed by atoms with Crippen molar-refractivity contribution in [1.29, 1.82) is 0 Å². The lowest BCUT2D eigenvalue weighted by Gasteiger charge is -2.14. The maximum Gasteiger partial charge on any atom is 0.340 e. The first-order chi connectivity index (χ1) is 14.5. The van der Waals surface area contributed by atoms with Crippen molar-refractivity contribution in [3.8, 4) is 11.5 Å². The molecule has 0 spiro atoms. The zero-order chi connectivity index (χ0) is 21.3. The second-order valence-corrected chi connectivity index (χ2v) is 6.51.